The first-order chi connectivity index (χ1) is 11.4. The highest BCUT2D eigenvalue weighted by Gasteiger charge is 2.28. The molecule has 0 bridgehead atoms. The molecule has 1 heterocycles. The van der Waals surface area contributed by atoms with Crippen molar-refractivity contribution in [1.82, 2.24) is 5.32 Å². The summed E-state index contributed by atoms with van der Waals surface area (Å²) in [5.74, 6) is 0.416. The minimum Gasteiger partial charge on any atom is -0.458 e. The summed E-state index contributed by atoms with van der Waals surface area (Å²) in [6, 6.07) is 16.4. The Morgan fingerprint density at radius 3 is 2.71 bits per heavy atom. The Morgan fingerprint density at radius 1 is 1.17 bits per heavy atom. The van der Waals surface area contributed by atoms with Gasteiger partial charge in [-0.3, -0.25) is 0 Å². The zero-order valence-electron chi connectivity index (χ0n) is 13.7. The van der Waals surface area contributed by atoms with Crippen LogP contribution in [-0.2, 0) is 5.60 Å². The van der Waals surface area contributed by atoms with Crippen molar-refractivity contribution in [3.63, 3.8) is 0 Å². The number of hydrogen-bond acceptors (Lipinski definition) is 3. The molecule has 0 aliphatic carbocycles. The van der Waals surface area contributed by atoms with Gasteiger partial charge in [0.25, 0.3) is 0 Å². The molecule has 3 N–H and O–H groups in total. The number of hydrogen-bond donors (Lipinski definition) is 3. The molecule has 0 aliphatic rings. The number of furan rings is 1. The van der Waals surface area contributed by atoms with Gasteiger partial charge in [0.15, 0.2) is 0 Å². The predicted octanol–water partition coefficient (Wildman–Crippen LogP) is 3.77. The van der Waals surface area contributed by atoms with Crippen molar-refractivity contribution in [3.8, 4) is 0 Å². The fourth-order valence-corrected chi connectivity index (χ4v) is 2.48. The first-order valence-electron chi connectivity index (χ1n) is 7.77. The molecule has 5 heteroatoms. The molecule has 2 aromatic carbocycles. The molecule has 24 heavy (non-hydrogen) atoms. The van der Waals surface area contributed by atoms with Crippen LogP contribution in [0.4, 0.5) is 10.5 Å². The van der Waals surface area contributed by atoms with Gasteiger partial charge in [-0.1, -0.05) is 30.3 Å². The minimum atomic E-state index is -1.30. The number of nitrogens with one attached hydrogen (secondary N) is 2. The molecule has 3 aromatic rings. The predicted molar refractivity (Wildman–Crippen MR) is 94.0 cm³/mol. The van der Waals surface area contributed by atoms with Gasteiger partial charge < -0.3 is 20.2 Å². The smallest absolute Gasteiger partial charge is 0.319 e. The summed E-state index contributed by atoms with van der Waals surface area (Å²) in [5.41, 5.74) is 1.16. The SMILES string of the molecule is Cc1cccc(NC(=O)NCC(C)(O)c2cc3ccccc3o2)c1. The highest BCUT2D eigenvalue weighted by Crippen LogP contribution is 2.27. The number of para-hydroxylation sites is 1. The van der Waals surface area contributed by atoms with Crippen molar-refractivity contribution in [2.75, 3.05) is 11.9 Å². The molecule has 0 saturated carbocycles. The Balaban J connectivity index is 1.64. The average molecular weight is 324 g/mol. The number of rotatable bonds is 4. The van der Waals surface area contributed by atoms with E-state index in [9.17, 15) is 9.90 Å². The number of fused-ring (bicyclic) bond motifs is 1. The molecule has 1 unspecified atom stereocenters. The third-order valence-corrected chi connectivity index (χ3v) is 3.83. The summed E-state index contributed by atoms with van der Waals surface area (Å²) >= 11 is 0. The van der Waals surface area contributed by atoms with Crippen LogP contribution in [0.5, 0.6) is 0 Å². The summed E-state index contributed by atoms with van der Waals surface area (Å²) in [7, 11) is 0. The number of aliphatic hydroxyl groups is 1. The van der Waals surface area contributed by atoms with E-state index in [1.807, 2.05) is 55.5 Å². The maximum absolute atomic E-state index is 12.0. The summed E-state index contributed by atoms with van der Waals surface area (Å²) in [4.78, 5) is 12.0. The zero-order chi connectivity index (χ0) is 17.2. The number of carbonyl (C=O) groups excluding carboxylic acids is 1. The van der Waals surface area contributed by atoms with Gasteiger partial charge in [0.05, 0.1) is 6.54 Å². The van der Waals surface area contributed by atoms with Crippen molar-refractivity contribution in [2.24, 2.45) is 0 Å². The lowest BCUT2D eigenvalue weighted by Crippen LogP contribution is -2.40. The molecular weight excluding hydrogens is 304 g/mol. The fraction of sp³-hybridized carbons (Fsp3) is 0.211. The molecule has 5 nitrogen and oxygen atoms in total. The number of urea groups is 1. The normalized spacial score (nSPS) is 13.5. The highest BCUT2D eigenvalue weighted by molar-refractivity contribution is 5.89. The molecule has 0 spiro atoms. The molecule has 0 fully saturated rings. The number of benzene rings is 2. The van der Waals surface area contributed by atoms with Crippen LogP contribution in [0.2, 0.25) is 0 Å². The molecule has 2 amide bonds. The van der Waals surface area contributed by atoms with E-state index in [0.29, 0.717) is 17.0 Å². The van der Waals surface area contributed by atoms with Crippen molar-refractivity contribution in [1.29, 1.82) is 0 Å². The Morgan fingerprint density at radius 2 is 1.96 bits per heavy atom. The van der Waals surface area contributed by atoms with Crippen LogP contribution in [0.25, 0.3) is 11.0 Å². The van der Waals surface area contributed by atoms with Crippen molar-refractivity contribution >= 4 is 22.7 Å². The van der Waals surface area contributed by atoms with Crippen molar-refractivity contribution < 1.29 is 14.3 Å². The van der Waals surface area contributed by atoms with Gasteiger partial charge in [0, 0.05) is 11.1 Å². The van der Waals surface area contributed by atoms with Crippen molar-refractivity contribution in [3.05, 3.63) is 65.9 Å². The van der Waals surface area contributed by atoms with Gasteiger partial charge in [-0.25, -0.2) is 4.79 Å². The van der Waals surface area contributed by atoms with Gasteiger partial charge in [0.2, 0.25) is 0 Å². The van der Waals surface area contributed by atoms with Crippen LogP contribution >= 0.6 is 0 Å². The lowest BCUT2D eigenvalue weighted by molar-refractivity contribution is 0.0388. The van der Waals surface area contributed by atoms with Crippen LogP contribution in [0.3, 0.4) is 0 Å². The largest absolute Gasteiger partial charge is 0.458 e. The number of anilines is 1. The monoisotopic (exact) mass is 324 g/mol. The topological polar surface area (TPSA) is 74.5 Å². The standard InChI is InChI=1S/C19H20N2O3/c1-13-6-5-8-15(10-13)21-18(22)20-12-19(2,23)17-11-14-7-3-4-9-16(14)24-17/h3-11,23H,12H2,1-2H3,(H2,20,21,22). The van der Waals surface area contributed by atoms with Crippen LogP contribution in [0, 0.1) is 6.92 Å². The molecule has 0 aliphatic heterocycles. The average Bonchev–Trinajstić information content (AvgIpc) is 2.98. The lowest BCUT2D eigenvalue weighted by Gasteiger charge is -2.21. The van der Waals surface area contributed by atoms with Gasteiger partial charge >= 0.3 is 6.03 Å². The Hall–Kier alpha value is -2.79. The Labute approximate surface area is 140 Å². The third kappa shape index (κ3) is 3.58. The Kier molecular flexibility index (Phi) is 4.27. The fourth-order valence-electron chi connectivity index (χ4n) is 2.48. The molecule has 3 rings (SSSR count). The second-order valence-corrected chi connectivity index (χ2v) is 6.10. The second kappa shape index (κ2) is 6.37. The van der Waals surface area contributed by atoms with E-state index in [1.165, 1.54) is 0 Å². The maximum atomic E-state index is 12.0. The summed E-state index contributed by atoms with van der Waals surface area (Å²) in [6.07, 6.45) is 0. The Bertz CT molecular complexity index is 835. The van der Waals surface area contributed by atoms with Gasteiger partial charge in [0.1, 0.15) is 16.9 Å². The van der Waals surface area contributed by atoms with Gasteiger partial charge in [-0.05, 0) is 43.7 Å². The molecule has 124 valence electrons. The summed E-state index contributed by atoms with van der Waals surface area (Å²) < 4.78 is 5.68. The third-order valence-electron chi connectivity index (χ3n) is 3.83. The summed E-state index contributed by atoms with van der Waals surface area (Å²) in [5, 5.41) is 16.9. The molecule has 1 aromatic heterocycles. The first-order valence-corrected chi connectivity index (χ1v) is 7.77. The zero-order valence-corrected chi connectivity index (χ0v) is 13.7. The highest BCUT2D eigenvalue weighted by atomic mass is 16.4. The molecule has 0 saturated heterocycles. The van der Waals surface area contributed by atoms with Crippen LogP contribution in [-0.4, -0.2) is 17.7 Å². The van der Waals surface area contributed by atoms with Gasteiger partial charge in [-0.2, -0.15) is 0 Å². The van der Waals surface area contributed by atoms with Crippen LogP contribution in [0.1, 0.15) is 18.2 Å². The van der Waals surface area contributed by atoms with E-state index in [4.69, 9.17) is 4.42 Å². The number of aryl methyl sites for hydroxylation is 1. The van der Waals surface area contributed by atoms with Crippen LogP contribution in [0.15, 0.2) is 59.0 Å². The second-order valence-electron chi connectivity index (χ2n) is 6.10. The van der Waals surface area contributed by atoms with E-state index in [-0.39, 0.29) is 12.6 Å². The van der Waals surface area contributed by atoms with E-state index >= 15 is 0 Å². The minimum absolute atomic E-state index is 0.0322. The van der Waals surface area contributed by atoms with Crippen LogP contribution < -0.4 is 10.6 Å². The van der Waals surface area contributed by atoms with Crippen molar-refractivity contribution in [2.45, 2.75) is 19.4 Å². The van der Waals surface area contributed by atoms with E-state index < -0.39 is 5.60 Å². The molecule has 0 radical (unpaired) electrons. The maximum Gasteiger partial charge on any atom is 0.319 e. The number of amides is 2. The van der Waals surface area contributed by atoms with E-state index in [1.54, 1.807) is 13.0 Å². The molecule has 1 atom stereocenters. The quantitative estimate of drug-likeness (QED) is 0.684. The van der Waals surface area contributed by atoms with E-state index in [2.05, 4.69) is 10.6 Å². The summed E-state index contributed by atoms with van der Waals surface area (Å²) in [6.45, 7) is 3.59. The first kappa shape index (κ1) is 16.1. The molecular formula is C19H20N2O3. The number of carbonyl (C=O) groups is 1. The van der Waals surface area contributed by atoms with Gasteiger partial charge in [-0.15, -0.1) is 0 Å². The lowest BCUT2D eigenvalue weighted by atomic mass is 10.0. The van der Waals surface area contributed by atoms with E-state index in [0.717, 1.165) is 10.9 Å².